The van der Waals surface area contributed by atoms with E-state index in [1.807, 2.05) is 27.7 Å². The molecule has 138 heavy (non-hydrogen) atoms. The Kier molecular flexibility index (Phi) is 47.6. The summed E-state index contributed by atoms with van der Waals surface area (Å²) < 4.78 is 28.7. The number of carbonyl (C=O) groups is 22. The van der Waals surface area contributed by atoms with Crippen LogP contribution in [0.25, 0.3) is 0 Å². The Morgan fingerprint density at radius 3 is 1.12 bits per heavy atom. The fourth-order valence-corrected chi connectivity index (χ4v) is 17.1. The zero-order valence-electron chi connectivity index (χ0n) is 81.6. The number of hydrogen-bond acceptors (Lipinski definition) is 26. The fourth-order valence-electron chi connectivity index (χ4n) is 15.1. The molecule has 764 valence electrons. The lowest BCUT2D eigenvalue weighted by Gasteiger charge is -2.31. The average molecular weight is 1980 g/mol. The highest BCUT2D eigenvalue weighted by Crippen LogP contribution is 2.26. The number of nitrogens with one attached hydrogen (secondary N) is 14. The van der Waals surface area contributed by atoms with Crippen LogP contribution in [-0.2, 0) is 118 Å². The van der Waals surface area contributed by atoms with Crippen molar-refractivity contribution in [3.05, 3.63) is 59.7 Å². The van der Waals surface area contributed by atoms with Crippen molar-refractivity contribution in [3.63, 3.8) is 0 Å². The topological polar surface area (TPSA) is 725 Å². The quantitative estimate of drug-likeness (QED) is 0.0304. The Morgan fingerprint density at radius 2 is 0.775 bits per heavy atom. The molecule has 4 aliphatic rings. The minimum absolute atomic E-state index is 0.0152. The van der Waals surface area contributed by atoms with E-state index in [9.17, 15) is 105 Å². The fraction of sp³-hybridized carbons (Fsp3) is 0.622. The van der Waals surface area contributed by atoms with Gasteiger partial charge in [-0.1, -0.05) is 92.5 Å². The molecule has 4 aliphatic heterocycles. The van der Waals surface area contributed by atoms with Crippen molar-refractivity contribution in [2.24, 2.45) is 58.1 Å². The second-order valence-corrected chi connectivity index (χ2v) is 37.3. The lowest BCUT2D eigenvalue weighted by molar-refractivity contribution is -0.142. The first-order chi connectivity index (χ1) is 66.0. The van der Waals surface area contributed by atoms with Gasteiger partial charge in [-0.05, 0) is 135 Å². The lowest BCUT2D eigenvalue weighted by Crippen LogP contribution is -2.61. The number of hydrogen-bond donors (Lipinski definition) is 20. The molecule has 4 heterocycles. The maximum absolute atomic E-state index is 14.5. The SMILES string of the molecule is CCC(C)C1NC(=O)C(Cc2ccc(OC)cc2)NC(=O)CCCSCC(C(=O)N2CCCC2C(=O)NC(CC(C)C)C(=O)NCC(N)=O)NC(=O)C(CC(N)=O)NC(=O)C(CCC(N)=O)NC1=O.[2H]C([2H])(c1ccc(OC)cc1)C1NC(=O)CCCSCC(C(=O)N2CCCC2C(=O)NC(CC(C)C)C(=O)NCC(N)=O)NC(=O)C(CC(N)=O)NC(=O)C(CCC(N)=O)NC(=O)C(C(C)CC)NC1=O. The molecule has 4 fully saturated rings. The van der Waals surface area contributed by atoms with Crippen LogP contribution in [0.2, 0.25) is 0 Å². The third-order valence-corrected chi connectivity index (χ3v) is 25.2. The maximum atomic E-state index is 14.5. The summed E-state index contributed by atoms with van der Waals surface area (Å²) in [5.74, 6) is -18.8. The van der Waals surface area contributed by atoms with Gasteiger partial charge in [0.15, 0.2) is 0 Å². The second-order valence-electron chi connectivity index (χ2n) is 35.0. The van der Waals surface area contributed by atoms with Gasteiger partial charge in [0.1, 0.15) is 96.1 Å². The van der Waals surface area contributed by atoms with Crippen molar-refractivity contribution in [3.8, 4) is 11.5 Å². The number of methoxy groups -OCH3 is 2. The van der Waals surface area contributed by atoms with E-state index in [4.69, 9.17) is 46.6 Å². The van der Waals surface area contributed by atoms with E-state index < -0.39 is 278 Å². The summed E-state index contributed by atoms with van der Waals surface area (Å²) in [7, 11) is 2.92. The molecule has 0 radical (unpaired) electrons. The Hall–Kier alpha value is -12.9. The molecule has 4 saturated heterocycles. The van der Waals surface area contributed by atoms with Gasteiger partial charge in [-0.2, -0.15) is 23.5 Å². The highest BCUT2D eigenvalue weighted by Gasteiger charge is 2.45. The Bertz CT molecular complexity index is 4720. The Balaban J connectivity index is 0.000000494. The number of ether oxygens (including phenoxy) is 2. The van der Waals surface area contributed by atoms with Gasteiger partial charge in [0, 0.05) is 65.8 Å². The molecule has 0 aliphatic carbocycles. The van der Waals surface area contributed by atoms with E-state index in [1.54, 1.807) is 52.0 Å². The summed E-state index contributed by atoms with van der Waals surface area (Å²) in [6.45, 7) is 13.3. The van der Waals surface area contributed by atoms with Gasteiger partial charge in [-0.15, -0.1) is 0 Å². The van der Waals surface area contributed by atoms with E-state index in [0.717, 1.165) is 11.8 Å². The number of amides is 22. The molecule has 0 spiro atoms. The van der Waals surface area contributed by atoms with Crippen LogP contribution in [-0.4, -0.2) is 288 Å². The maximum Gasteiger partial charge on any atom is 0.246 e. The van der Waals surface area contributed by atoms with Gasteiger partial charge in [0.25, 0.3) is 0 Å². The van der Waals surface area contributed by atoms with Gasteiger partial charge in [0.2, 0.25) is 130 Å². The van der Waals surface area contributed by atoms with Crippen LogP contribution in [0.1, 0.15) is 185 Å². The monoisotopic (exact) mass is 1980 g/mol. The third kappa shape index (κ3) is 39.7. The first-order valence-corrected chi connectivity index (χ1v) is 48.3. The minimum Gasteiger partial charge on any atom is -0.497 e. The molecule has 0 aromatic heterocycles. The largest absolute Gasteiger partial charge is 0.497 e. The predicted molar refractivity (Wildman–Crippen MR) is 506 cm³/mol. The first kappa shape index (κ1) is 112. The van der Waals surface area contributed by atoms with Crippen molar-refractivity contribution in [1.29, 1.82) is 0 Å². The molecule has 2 aromatic carbocycles. The van der Waals surface area contributed by atoms with E-state index in [1.165, 1.54) is 60.0 Å². The molecule has 0 saturated carbocycles. The highest BCUT2D eigenvalue weighted by atomic mass is 32.2. The van der Waals surface area contributed by atoms with Gasteiger partial charge >= 0.3 is 0 Å². The van der Waals surface area contributed by atoms with Gasteiger partial charge in [0.05, 0.1) is 40.2 Å². The predicted octanol–water partition coefficient (Wildman–Crippen LogP) is -5.00. The highest BCUT2D eigenvalue weighted by molar-refractivity contribution is 7.99. The van der Waals surface area contributed by atoms with Crippen LogP contribution in [0.15, 0.2) is 48.5 Å². The van der Waals surface area contributed by atoms with Crippen molar-refractivity contribution in [2.75, 3.05) is 63.4 Å². The molecule has 48 heteroatoms. The summed E-state index contributed by atoms with van der Waals surface area (Å²) >= 11 is 2.30. The number of likely N-dealkylation sites (tertiary alicyclic amines) is 2. The second kappa shape index (κ2) is 58.6. The minimum atomic E-state index is -2.59. The first-order valence-electron chi connectivity index (χ1n) is 46.9. The number of thioether (sulfide) groups is 2. The van der Waals surface area contributed by atoms with Crippen LogP contribution in [0, 0.1) is 23.7 Å². The van der Waals surface area contributed by atoms with Crippen LogP contribution in [0.5, 0.6) is 11.5 Å². The van der Waals surface area contributed by atoms with Crippen LogP contribution >= 0.6 is 23.5 Å². The van der Waals surface area contributed by atoms with E-state index in [2.05, 4.69) is 74.4 Å². The summed E-state index contributed by atoms with van der Waals surface area (Å²) in [5, 5.41) is 35.7. The third-order valence-electron chi connectivity index (χ3n) is 22.9. The average Bonchev–Trinajstić information content (AvgIpc) is 1.81. The van der Waals surface area contributed by atoms with Gasteiger partial charge < -0.3 is 128 Å². The summed E-state index contributed by atoms with van der Waals surface area (Å²) in [6, 6.07) is -7.15. The lowest BCUT2D eigenvalue weighted by atomic mass is 9.96. The van der Waals surface area contributed by atoms with Gasteiger partial charge in [-0.3, -0.25) is 105 Å². The van der Waals surface area contributed by atoms with Crippen molar-refractivity contribution in [1.82, 2.24) is 84.2 Å². The summed E-state index contributed by atoms with van der Waals surface area (Å²) in [4.78, 5) is 296. The number of primary amides is 6. The molecule has 16 unspecified atom stereocenters. The van der Waals surface area contributed by atoms with Crippen LogP contribution < -0.4 is 118 Å². The van der Waals surface area contributed by atoms with Crippen LogP contribution in [0.3, 0.4) is 0 Å². The van der Waals surface area contributed by atoms with E-state index in [-0.39, 0.29) is 124 Å². The molecular formula is C90H138N22O24S2. The number of nitrogens with zero attached hydrogens (tertiary/aromatic N) is 2. The molecule has 16 atom stereocenters. The molecule has 2 aromatic rings. The zero-order valence-corrected chi connectivity index (χ0v) is 81.2. The molecule has 26 N–H and O–H groups in total. The van der Waals surface area contributed by atoms with Crippen molar-refractivity contribution >= 4 is 153 Å². The standard InChI is InChI=1S/2C45H69N11O12S/c2*1-6-25(4)38-44(66)51-28(15-16-34(46)57)40(62)52-31(21-35(47)58)41(63)54-32(23-69-18-8-10-37(60)50-30(42(64)55-38)20-26-11-13-27(68-5)14-12-26)45(67)56-17-7-9-33(56)43(65)53-29(19-24(2)3)39(61)49-22-36(48)59/h2*11-14,24-25,28-33,38H,6-10,15-23H2,1-5H3,(H2,46,57)(H2,47,58)(H2,48,59)(H,49,61)(H,50,60)(H,51,66)(H,52,62)(H,53,65)(H,54,63)(H,55,64)/i20D2;. The molecule has 22 amide bonds. The number of rotatable bonds is 36. The van der Waals surface area contributed by atoms with Crippen LogP contribution in [0.4, 0.5) is 0 Å². The summed E-state index contributed by atoms with van der Waals surface area (Å²) in [5.41, 5.74) is 32.9. The zero-order chi connectivity index (χ0) is 105. The van der Waals surface area contributed by atoms with E-state index in [0.29, 0.717) is 36.3 Å². The molecular weight excluding hydrogens is 1840 g/mol. The van der Waals surface area contributed by atoms with E-state index >= 15 is 0 Å². The Morgan fingerprint density at radius 1 is 0.428 bits per heavy atom. The number of benzene rings is 2. The van der Waals surface area contributed by atoms with Gasteiger partial charge in [-0.25, -0.2) is 0 Å². The normalized spacial score (nSPS) is 23.5. The molecule has 46 nitrogen and oxygen atoms in total. The number of carbonyl (C=O) groups excluding carboxylic acids is 22. The molecule has 6 rings (SSSR count). The van der Waals surface area contributed by atoms with Crippen molar-refractivity contribution in [2.45, 2.75) is 268 Å². The Labute approximate surface area is 812 Å². The molecule has 0 bridgehead atoms. The summed E-state index contributed by atoms with van der Waals surface area (Å²) in [6.07, 6.45) is -3.63. The van der Waals surface area contributed by atoms with Crippen molar-refractivity contribution < 1.29 is 118 Å². The smallest absolute Gasteiger partial charge is 0.246 e. The number of nitrogens with two attached hydrogens (primary N) is 6.